The molecule has 5 nitrogen and oxygen atoms in total. The van der Waals surface area contributed by atoms with E-state index in [1.165, 1.54) is 0 Å². The quantitative estimate of drug-likeness (QED) is 0.714. The molecule has 1 heterocycles. The Labute approximate surface area is 164 Å². The number of aromatic carboxylic acids is 1. The second-order valence-corrected chi connectivity index (χ2v) is 6.82. The van der Waals surface area contributed by atoms with Crippen LogP contribution >= 0.6 is 0 Å². The van der Waals surface area contributed by atoms with Crippen LogP contribution in [0.1, 0.15) is 27.0 Å². The monoisotopic (exact) mass is 371 g/mol. The maximum Gasteiger partial charge on any atom is 0.335 e. The van der Waals surface area contributed by atoms with Crippen molar-refractivity contribution in [3.63, 3.8) is 0 Å². The number of rotatable bonds is 4. The van der Waals surface area contributed by atoms with Gasteiger partial charge in [-0.3, -0.25) is 0 Å². The summed E-state index contributed by atoms with van der Waals surface area (Å²) >= 11 is 0. The van der Waals surface area contributed by atoms with E-state index < -0.39 is 5.97 Å². The van der Waals surface area contributed by atoms with Crippen molar-refractivity contribution in [2.75, 3.05) is 17.3 Å². The van der Waals surface area contributed by atoms with E-state index in [0.29, 0.717) is 0 Å². The van der Waals surface area contributed by atoms with Gasteiger partial charge in [0, 0.05) is 29.5 Å². The number of carboxylic acids is 1. The first-order valence-electron chi connectivity index (χ1n) is 9.10. The average molecular weight is 371 g/mol. The molecule has 1 aliphatic heterocycles. The highest BCUT2D eigenvalue weighted by Crippen LogP contribution is 2.30. The van der Waals surface area contributed by atoms with Gasteiger partial charge < -0.3 is 15.3 Å². The number of benzene rings is 3. The number of nitrogens with one attached hydrogen (secondary N) is 1. The van der Waals surface area contributed by atoms with E-state index in [9.17, 15) is 9.90 Å². The Bertz CT molecular complexity index is 1060. The van der Waals surface area contributed by atoms with Gasteiger partial charge in [0.05, 0.1) is 11.3 Å². The third-order valence-corrected chi connectivity index (χ3v) is 4.96. The van der Waals surface area contributed by atoms with Crippen molar-refractivity contribution >= 4 is 23.1 Å². The molecule has 4 rings (SSSR count). The molecule has 1 atom stereocenters. The highest BCUT2D eigenvalue weighted by Gasteiger charge is 2.26. The zero-order valence-electron chi connectivity index (χ0n) is 15.8. The summed E-state index contributed by atoms with van der Waals surface area (Å²) in [5.41, 5.74) is 6.18. The second-order valence-electron chi connectivity index (χ2n) is 6.82. The molecule has 0 fully saturated rings. The lowest BCUT2D eigenvalue weighted by atomic mass is 9.98. The first-order chi connectivity index (χ1) is 13.5. The van der Waals surface area contributed by atoms with Crippen molar-refractivity contribution in [3.8, 4) is 0 Å². The van der Waals surface area contributed by atoms with Crippen molar-refractivity contribution in [2.45, 2.75) is 13.2 Å². The molecule has 1 aliphatic rings. The molecule has 0 saturated heterocycles. The van der Waals surface area contributed by atoms with Gasteiger partial charge in [0.2, 0.25) is 0 Å². The van der Waals surface area contributed by atoms with Gasteiger partial charge in [0.15, 0.2) is 6.29 Å². The Morgan fingerprint density at radius 2 is 1.75 bits per heavy atom. The molecule has 0 spiro atoms. The Balaban J connectivity index is 1.74. The fraction of sp³-hybridized carbons (Fsp3) is 0.130. The molecule has 0 bridgehead atoms. The van der Waals surface area contributed by atoms with E-state index in [2.05, 4.69) is 34.5 Å². The minimum absolute atomic E-state index is 0.277. The van der Waals surface area contributed by atoms with Crippen LogP contribution in [-0.2, 0) is 0 Å². The van der Waals surface area contributed by atoms with E-state index in [1.54, 1.807) is 18.2 Å². The summed E-state index contributed by atoms with van der Waals surface area (Å²) in [5, 5.41) is 12.6. The molecular weight excluding hydrogens is 350 g/mol. The summed E-state index contributed by atoms with van der Waals surface area (Å²) in [6.07, 6.45) is -0.306. The summed E-state index contributed by atoms with van der Waals surface area (Å²) in [6.45, 7) is 1.90. The maximum absolute atomic E-state index is 11.2. The normalized spacial score (nSPS) is 15.6. The van der Waals surface area contributed by atoms with Crippen LogP contribution in [0.3, 0.4) is 0 Å². The van der Waals surface area contributed by atoms with Crippen LogP contribution in [0.4, 0.5) is 11.4 Å². The van der Waals surface area contributed by atoms with Gasteiger partial charge in [-0.25, -0.2) is 9.79 Å². The Morgan fingerprint density at radius 3 is 2.46 bits per heavy atom. The molecule has 0 amide bonds. The van der Waals surface area contributed by atoms with Gasteiger partial charge in [-0.05, 0) is 36.8 Å². The fourth-order valence-electron chi connectivity index (χ4n) is 3.44. The van der Waals surface area contributed by atoms with E-state index in [-0.39, 0.29) is 11.9 Å². The van der Waals surface area contributed by atoms with Crippen LogP contribution in [0.15, 0.2) is 77.8 Å². The molecule has 0 aliphatic carbocycles. The van der Waals surface area contributed by atoms with E-state index >= 15 is 0 Å². The SMILES string of the molecule is Cc1cc(C(=O)O)ccc1NC1N=C(c2ccccc2)c2ccccc2N1C. The van der Waals surface area contributed by atoms with Crippen molar-refractivity contribution in [1.29, 1.82) is 0 Å². The molecular formula is C23H21N3O2. The predicted octanol–water partition coefficient (Wildman–Crippen LogP) is 4.38. The van der Waals surface area contributed by atoms with Crippen molar-refractivity contribution < 1.29 is 9.90 Å². The smallest absolute Gasteiger partial charge is 0.335 e. The van der Waals surface area contributed by atoms with E-state index in [0.717, 1.165) is 33.8 Å². The van der Waals surface area contributed by atoms with Crippen LogP contribution in [0, 0.1) is 6.92 Å². The number of anilines is 2. The van der Waals surface area contributed by atoms with E-state index in [4.69, 9.17) is 4.99 Å². The number of hydrogen-bond donors (Lipinski definition) is 2. The first kappa shape index (κ1) is 17.8. The molecule has 3 aromatic rings. The molecule has 0 radical (unpaired) electrons. The van der Waals surface area contributed by atoms with Crippen LogP contribution in [-0.4, -0.2) is 30.1 Å². The molecule has 0 saturated carbocycles. The highest BCUT2D eigenvalue weighted by molar-refractivity contribution is 6.17. The first-order valence-corrected chi connectivity index (χ1v) is 9.10. The number of aryl methyl sites for hydroxylation is 1. The van der Waals surface area contributed by atoms with E-state index in [1.807, 2.05) is 44.3 Å². The summed E-state index contributed by atoms with van der Waals surface area (Å²) in [5.74, 6) is -0.928. The third kappa shape index (κ3) is 3.22. The number of para-hydroxylation sites is 1. The second kappa shape index (κ2) is 7.19. The molecule has 140 valence electrons. The largest absolute Gasteiger partial charge is 0.478 e. The number of fused-ring (bicyclic) bond motifs is 1. The maximum atomic E-state index is 11.2. The standard InChI is InChI=1S/C23H21N3O2/c1-15-14-17(22(27)28)12-13-19(15)24-23-25-21(16-8-4-3-5-9-16)18-10-6-7-11-20(18)26(23)2/h3-14,23-24H,1-2H3,(H,27,28). The number of carbonyl (C=O) groups is 1. The van der Waals surface area contributed by atoms with Gasteiger partial charge in [-0.1, -0.05) is 48.5 Å². The zero-order chi connectivity index (χ0) is 19.7. The molecule has 3 aromatic carbocycles. The third-order valence-electron chi connectivity index (χ3n) is 4.96. The predicted molar refractivity (Wildman–Crippen MR) is 112 cm³/mol. The lowest BCUT2D eigenvalue weighted by Gasteiger charge is -2.35. The van der Waals surface area contributed by atoms with Gasteiger partial charge in [0.1, 0.15) is 0 Å². The Hall–Kier alpha value is -3.60. The molecule has 5 heteroatoms. The summed E-state index contributed by atoms with van der Waals surface area (Å²) < 4.78 is 0. The lowest BCUT2D eigenvalue weighted by molar-refractivity contribution is 0.0697. The minimum Gasteiger partial charge on any atom is -0.478 e. The average Bonchev–Trinajstić information content (AvgIpc) is 2.72. The van der Waals surface area contributed by atoms with Crippen molar-refractivity contribution in [3.05, 3.63) is 95.1 Å². The summed E-state index contributed by atoms with van der Waals surface area (Å²) in [7, 11) is 2.00. The summed E-state index contributed by atoms with van der Waals surface area (Å²) in [6, 6.07) is 23.4. The molecule has 0 aromatic heterocycles. The lowest BCUT2D eigenvalue weighted by Crippen LogP contribution is -2.41. The molecule has 2 N–H and O–H groups in total. The number of hydrogen-bond acceptors (Lipinski definition) is 4. The van der Waals surface area contributed by atoms with Gasteiger partial charge >= 0.3 is 5.97 Å². The number of aliphatic imine (C=N–C) groups is 1. The van der Waals surface area contributed by atoms with Gasteiger partial charge in [-0.2, -0.15) is 0 Å². The Kier molecular flexibility index (Phi) is 4.57. The summed E-state index contributed by atoms with van der Waals surface area (Å²) in [4.78, 5) is 18.3. The minimum atomic E-state index is -0.928. The zero-order valence-corrected chi connectivity index (χ0v) is 15.8. The topological polar surface area (TPSA) is 64.9 Å². The number of nitrogens with zero attached hydrogens (tertiary/aromatic N) is 2. The Morgan fingerprint density at radius 1 is 1.04 bits per heavy atom. The van der Waals surface area contributed by atoms with Crippen LogP contribution in [0.25, 0.3) is 0 Å². The van der Waals surface area contributed by atoms with Gasteiger partial charge in [0.25, 0.3) is 0 Å². The molecule has 1 unspecified atom stereocenters. The number of carboxylic acid groups (broad SMARTS) is 1. The van der Waals surface area contributed by atoms with Crippen molar-refractivity contribution in [2.24, 2.45) is 4.99 Å². The van der Waals surface area contributed by atoms with Crippen LogP contribution < -0.4 is 10.2 Å². The fourth-order valence-corrected chi connectivity index (χ4v) is 3.44. The molecule has 28 heavy (non-hydrogen) atoms. The highest BCUT2D eigenvalue weighted by atomic mass is 16.4. The van der Waals surface area contributed by atoms with Crippen LogP contribution in [0.2, 0.25) is 0 Å². The van der Waals surface area contributed by atoms with Crippen molar-refractivity contribution in [1.82, 2.24) is 0 Å². The van der Waals surface area contributed by atoms with Gasteiger partial charge in [-0.15, -0.1) is 0 Å². The van der Waals surface area contributed by atoms with Crippen LogP contribution in [0.5, 0.6) is 0 Å².